The monoisotopic (exact) mass is 396 g/mol. The van der Waals surface area contributed by atoms with Gasteiger partial charge in [0, 0.05) is 19.6 Å². The lowest BCUT2D eigenvalue weighted by Gasteiger charge is -2.15. The maximum absolute atomic E-state index is 9.92. The van der Waals surface area contributed by atoms with Crippen LogP contribution < -0.4 is 15.4 Å². The Morgan fingerprint density at radius 1 is 1.03 bits per heavy atom. The molecule has 6 heteroatoms. The largest absolute Gasteiger partial charge is 0.504 e. The fourth-order valence-corrected chi connectivity index (χ4v) is 3.49. The summed E-state index contributed by atoms with van der Waals surface area (Å²) in [5, 5.41) is 16.6. The Bertz CT molecular complexity index is 799. The molecule has 6 nitrogen and oxygen atoms in total. The van der Waals surface area contributed by atoms with Crippen LogP contribution in [-0.4, -0.2) is 42.7 Å². The Morgan fingerprint density at radius 2 is 1.72 bits per heavy atom. The van der Waals surface area contributed by atoms with Gasteiger partial charge in [0.15, 0.2) is 17.5 Å². The average molecular weight is 397 g/mol. The zero-order chi connectivity index (χ0) is 20.5. The first-order chi connectivity index (χ1) is 14.2. The molecule has 2 aromatic rings. The Kier molecular flexibility index (Phi) is 7.76. The van der Waals surface area contributed by atoms with E-state index in [-0.39, 0.29) is 5.75 Å². The van der Waals surface area contributed by atoms with E-state index in [1.807, 2.05) is 13.0 Å². The third-order valence-electron chi connectivity index (χ3n) is 5.10. The van der Waals surface area contributed by atoms with Crippen molar-refractivity contribution in [2.24, 2.45) is 4.99 Å². The summed E-state index contributed by atoms with van der Waals surface area (Å²) in [7, 11) is 1.54. The molecule has 0 amide bonds. The Hall–Kier alpha value is -2.73. The van der Waals surface area contributed by atoms with Gasteiger partial charge in [0.05, 0.1) is 13.7 Å². The van der Waals surface area contributed by atoms with Crippen molar-refractivity contribution >= 4 is 5.96 Å². The average Bonchev–Trinajstić information content (AvgIpc) is 3.24. The van der Waals surface area contributed by atoms with E-state index in [9.17, 15) is 5.11 Å². The SMILES string of the molecule is CCNC(=NCc1ccc(OC)c(O)c1)NCc1ccc(CN2CCCC2)cc1. The first-order valence-corrected chi connectivity index (χ1v) is 10.4. The fourth-order valence-electron chi connectivity index (χ4n) is 3.49. The molecule has 1 fully saturated rings. The van der Waals surface area contributed by atoms with Crippen molar-refractivity contribution in [2.75, 3.05) is 26.7 Å². The molecule has 0 spiro atoms. The molecule has 156 valence electrons. The summed E-state index contributed by atoms with van der Waals surface area (Å²) < 4.78 is 5.08. The molecule has 0 aromatic heterocycles. The van der Waals surface area contributed by atoms with E-state index >= 15 is 0 Å². The van der Waals surface area contributed by atoms with Crippen LogP contribution in [0.15, 0.2) is 47.5 Å². The summed E-state index contributed by atoms with van der Waals surface area (Å²) in [6, 6.07) is 14.2. The Balaban J connectivity index is 1.54. The van der Waals surface area contributed by atoms with Gasteiger partial charge in [0.25, 0.3) is 0 Å². The second kappa shape index (κ2) is 10.7. The van der Waals surface area contributed by atoms with Crippen LogP contribution in [0.3, 0.4) is 0 Å². The molecule has 0 bridgehead atoms. The fraction of sp³-hybridized carbons (Fsp3) is 0.435. The van der Waals surface area contributed by atoms with Gasteiger partial charge in [-0.25, -0.2) is 4.99 Å². The highest BCUT2D eigenvalue weighted by atomic mass is 16.5. The quantitative estimate of drug-likeness (QED) is 0.472. The Labute approximate surface area is 173 Å². The summed E-state index contributed by atoms with van der Waals surface area (Å²) in [5.41, 5.74) is 3.52. The van der Waals surface area contributed by atoms with Crippen molar-refractivity contribution in [2.45, 2.75) is 39.4 Å². The van der Waals surface area contributed by atoms with Crippen LogP contribution in [0.5, 0.6) is 11.5 Å². The van der Waals surface area contributed by atoms with Gasteiger partial charge in [-0.05, 0) is 61.7 Å². The number of hydrogen-bond acceptors (Lipinski definition) is 4. The first kappa shape index (κ1) is 21.0. The van der Waals surface area contributed by atoms with Gasteiger partial charge < -0.3 is 20.5 Å². The number of rotatable bonds is 8. The number of hydrogen-bond donors (Lipinski definition) is 3. The molecule has 29 heavy (non-hydrogen) atoms. The summed E-state index contributed by atoms with van der Waals surface area (Å²) in [6.45, 7) is 7.51. The van der Waals surface area contributed by atoms with Gasteiger partial charge >= 0.3 is 0 Å². The number of guanidine groups is 1. The normalized spacial score (nSPS) is 14.8. The highest BCUT2D eigenvalue weighted by Crippen LogP contribution is 2.26. The number of likely N-dealkylation sites (tertiary alicyclic amines) is 1. The van der Waals surface area contributed by atoms with E-state index < -0.39 is 0 Å². The maximum atomic E-state index is 9.92. The van der Waals surface area contributed by atoms with Crippen molar-refractivity contribution < 1.29 is 9.84 Å². The zero-order valence-electron chi connectivity index (χ0n) is 17.4. The summed E-state index contributed by atoms with van der Waals surface area (Å²) >= 11 is 0. The molecule has 1 aliphatic heterocycles. The van der Waals surface area contributed by atoms with Crippen LogP contribution in [-0.2, 0) is 19.6 Å². The van der Waals surface area contributed by atoms with Crippen molar-refractivity contribution in [1.29, 1.82) is 0 Å². The molecule has 0 unspecified atom stereocenters. The summed E-state index contributed by atoms with van der Waals surface area (Å²) in [4.78, 5) is 7.13. The van der Waals surface area contributed by atoms with Crippen LogP contribution >= 0.6 is 0 Å². The standard InChI is InChI=1S/C23H32N4O2/c1-3-24-23(26-16-20-10-11-22(29-2)21(28)14-20)25-15-18-6-8-19(9-7-18)17-27-12-4-5-13-27/h6-11,14,28H,3-5,12-13,15-17H2,1-2H3,(H2,24,25,26). The molecule has 0 aliphatic carbocycles. The van der Waals surface area contributed by atoms with Crippen LogP contribution in [0.1, 0.15) is 36.5 Å². The van der Waals surface area contributed by atoms with Gasteiger partial charge in [-0.3, -0.25) is 4.90 Å². The third-order valence-corrected chi connectivity index (χ3v) is 5.10. The molecule has 3 rings (SSSR count). The number of phenols is 1. The molecule has 1 aliphatic rings. The van der Waals surface area contributed by atoms with Gasteiger partial charge in [-0.1, -0.05) is 30.3 Å². The number of methoxy groups -OCH3 is 1. The lowest BCUT2D eigenvalue weighted by molar-refractivity contribution is 0.331. The van der Waals surface area contributed by atoms with Crippen LogP contribution in [0.2, 0.25) is 0 Å². The van der Waals surface area contributed by atoms with E-state index in [0.29, 0.717) is 18.8 Å². The minimum absolute atomic E-state index is 0.132. The first-order valence-electron chi connectivity index (χ1n) is 10.4. The number of benzene rings is 2. The molecule has 0 saturated carbocycles. The minimum Gasteiger partial charge on any atom is -0.504 e. The van der Waals surface area contributed by atoms with Crippen molar-refractivity contribution in [3.63, 3.8) is 0 Å². The smallest absolute Gasteiger partial charge is 0.191 e. The second-order valence-corrected chi connectivity index (χ2v) is 7.35. The van der Waals surface area contributed by atoms with Crippen LogP contribution in [0, 0.1) is 0 Å². The van der Waals surface area contributed by atoms with Crippen molar-refractivity contribution in [3.8, 4) is 11.5 Å². The number of nitrogens with one attached hydrogen (secondary N) is 2. The van der Waals surface area contributed by atoms with Gasteiger partial charge in [-0.2, -0.15) is 0 Å². The van der Waals surface area contributed by atoms with E-state index in [1.165, 1.54) is 37.1 Å². The van der Waals surface area contributed by atoms with E-state index in [0.717, 1.165) is 24.6 Å². The number of aliphatic imine (C=N–C) groups is 1. The predicted molar refractivity (Wildman–Crippen MR) is 117 cm³/mol. The molecule has 2 aromatic carbocycles. The molecule has 0 radical (unpaired) electrons. The number of aromatic hydroxyl groups is 1. The lowest BCUT2D eigenvalue weighted by atomic mass is 10.1. The summed E-state index contributed by atoms with van der Waals surface area (Å²) in [6.07, 6.45) is 2.65. The molecule has 1 heterocycles. The maximum Gasteiger partial charge on any atom is 0.191 e. The highest BCUT2D eigenvalue weighted by Gasteiger charge is 2.11. The van der Waals surface area contributed by atoms with Gasteiger partial charge in [0.2, 0.25) is 0 Å². The Morgan fingerprint density at radius 3 is 2.38 bits per heavy atom. The third kappa shape index (κ3) is 6.39. The zero-order valence-corrected chi connectivity index (χ0v) is 17.4. The molecule has 1 saturated heterocycles. The van der Waals surface area contributed by atoms with E-state index in [2.05, 4.69) is 44.8 Å². The number of ether oxygens (including phenoxy) is 1. The van der Waals surface area contributed by atoms with E-state index in [4.69, 9.17) is 4.74 Å². The van der Waals surface area contributed by atoms with Crippen molar-refractivity contribution in [1.82, 2.24) is 15.5 Å². The van der Waals surface area contributed by atoms with Crippen LogP contribution in [0.25, 0.3) is 0 Å². The second-order valence-electron chi connectivity index (χ2n) is 7.35. The molecular formula is C23H32N4O2. The van der Waals surface area contributed by atoms with Crippen LogP contribution in [0.4, 0.5) is 0 Å². The van der Waals surface area contributed by atoms with E-state index in [1.54, 1.807) is 19.2 Å². The van der Waals surface area contributed by atoms with Gasteiger partial charge in [-0.15, -0.1) is 0 Å². The topological polar surface area (TPSA) is 69.1 Å². The number of nitrogens with zero attached hydrogens (tertiary/aromatic N) is 2. The van der Waals surface area contributed by atoms with Crippen molar-refractivity contribution in [3.05, 3.63) is 59.2 Å². The predicted octanol–water partition coefficient (Wildman–Crippen LogP) is 3.25. The highest BCUT2D eigenvalue weighted by molar-refractivity contribution is 5.79. The van der Waals surface area contributed by atoms with Gasteiger partial charge in [0.1, 0.15) is 0 Å². The molecule has 0 atom stereocenters. The molecule has 3 N–H and O–H groups in total. The number of phenolic OH excluding ortho intramolecular Hbond substituents is 1. The summed E-state index contributed by atoms with van der Waals surface area (Å²) in [5.74, 6) is 1.35. The molecular weight excluding hydrogens is 364 g/mol. The lowest BCUT2D eigenvalue weighted by Crippen LogP contribution is -2.36. The minimum atomic E-state index is 0.132.